The number of hydrogen-bond acceptors (Lipinski definition) is 4. The molecule has 0 aromatic carbocycles. The molecule has 0 aliphatic carbocycles. The highest BCUT2D eigenvalue weighted by Crippen LogP contribution is 2.19. The summed E-state index contributed by atoms with van der Waals surface area (Å²) in [6, 6.07) is 0. The molecule has 15 heavy (non-hydrogen) atoms. The summed E-state index contributed by atoms with van der Waals surface area (Å²) in [6.45, 7) is 8.79. The van der Waals surface area contributed by atoms with E-state index in [0.717, 1.165) is 0 Å². The number of amidine groups is 1. The number of nitrogens with one attached hydrogen (secondary N) is 1. The Morgan fingerprint density at radius 1 is 1.20 bits per heavy atom. The number of hydrazine groups is 1. The van der Waals surface area contributed by atoms with E-state index in [2.05, 4.69) is 10.4 Å². The van der Waals surface area contributed by atoms with Gasteiger partial charge in [0.25, 0.3) is 0 Å². The van der Waals surface area contributed by atoms with Crippen LogP contribution < -0.4 is 11.3 Å². The lowest BCUT2D eigenvalue weighted by molar-refractivity contribution is 0.560. The zero-order valence-electron chi connectivity index (χ0n) is 10.2. The Labute approximate surface area is 92.0 Å². The van der Waals surface area contributed by atoms with E-state index < -0.39 is 14.6 Å². The van der Waals surface area contributed by atoms with Crippen molar-refractivity contribution in [1.82, 2.24) is 5.43 Å². The first kappa shape index (κ1) is 14.4. The maximum absolute atomic E-state index is 11.6. The first-order valence-electron chi connectivity index (χ1n) is 4.68. The van der Waals surface area contributed by atoms with Crippen molar-refractivity contribution in [3.8, 4) is 0 Å². The molecule has 0 spiro atoms. The summed E-state index contributed by atoms with van der Waals surface area (Å²) in [5.74, 6) is 5.59. The Morgan fingerprint density at radius 3 is 1.80 bits per heavy atom. The molecule has 90 valence electrons. The van der Waals surface area contributed by atoms with E-state index in [0.29, 0.717) is 0 Å². The number of aliphatic imine (C=N–C) groups is 1. The number of nitrogens with zero attached hydrogens (tertiary/aromatic N) is 1. The molecular formula is C9H21N3O2S. The molecule has 0 bridgehead atoms. The van der Waals surface area contributed by atoms with E-state index in [9.17, 15) is 8.42 Å². The quantitative estimate of drug-likeness (QED) is 0.315. The number of hydrogen-bond donors (Lipinski definition) is 2. The molecule has 0 aliphatic rings. The zero-order valence-corrected chi connectivity index (χ0v) is 11.1. The monoisotopic (exact) mass is 235 g/mol. The van der Waals surface area contributed by atoms with Crippen molar-refractivity contribution >= 4 is 15.7 Å². The fourth-order valence-electron chi connectivity index (χ4n) is 0.852. The summed E-state index contributed by atoms with van der Waals surface area (Å²) < 4.78 is 22.0. The molecule has 0 amide bonds. The molecular weight excluding hydrogens is 214 g/mol. The lowest BCUT2D eigenvalue weighted by atomic mass is 10.1. The van der Waals surface area contributed by atoms with Crippen molar-refractivity contribution in [2.24, 2.45) is 10.8 Å². The normalized spacial score (nSPS) is 15.3. The maximum Gasteiger partial charge on any atom is 0.159 e. The molecule has 0 atom stereocenters. The highest BCUT2D eigenvalue weighted by atomic mass is 32.2. The number of nitrogens with two attached hydrogens (primary N) is 1. The molecule has 0 unspecified atom stereocenters. The predicted octanol–water partition coefficient (Wildman–Crippen LogP) is 0.470. The summed E-state index contributed by atoms with van der Waals surface area (Å²) >= 11 is 0. The second kappa shape index (κ2) is 4.09. The van der Waals surface area contributed by atoms with Gasteiger partial charge in [-0.3, -0.25) is 4.99 Å². The van der Waals surface area contributed by atoms with Gasteiger partial charge in [-0.25, -0.2) is 14.3 Å². The molecule has 0 aromatic rings. The Bertz CT molecular complexity index is 350. The minimum atomic E-state index is -3.26. The third-order valence-electron chi connectivity index (χ3n) is 2.08. The second-order valence-corrected chi connectivity index (χ2v) is 7.62. The molecule has 3 N–H and O–H groups in total. The van der Waals surface area contributed by atoms with Crippen LogP contribution in [0.4, 0.5) is 0 Å². The van der Waals surface area contributed by atoms with Crippen LogP contribution in [-0.4, -0.2) is 30.8 Å². The van der Waals surface area contributed by atoms with Crippen LogP contribution in [0.1, 0.15) is 34.6 Å². The fourth-order valence-corrected chi connectivity index (χ4v) is 1.31. The smallest absolute Gasteiger partial charge is 0.159 e. The lowest BCUT2D eigenvalue weighted by Gasteiger charge is -2.27. The van der Waals surface area contributed by atoms with Crippen LogP contribution in [0.15, 0.2) is 4.99 Å². The highest BCUT2D eigenvalue weighted by Gasteiger charge is 2.36. The summed E-state index contributed by atoms with van der Waals surface area (Å²) in [7, 11) is -3.26. The third kappa shape index (κ3) is 3.79. The Kier molecular flexibility index (Phi) is 3.93. The van der Waals surface area contributed by atoms with Gasteiger partial charge in [0.05, 0.1) is 5.54 Å². The van der Waals surface area contributed by atoms with Crippen molar-refractivity contribution < 1.29 is 8.42 Å². The van der Waals surface area contributed by atoms with Gasteiger partial charge in [-0.05, 0) is 34.6 Å². The summed E-state index contributed by atoms with van der Waals surface area (Å²) in [4.78, 5) is 4.27. The minimum absolute atomic E-state index is 0.275. The second-order valence-electron chi connectivity index (χ2n) is 5.06. The topological polar surface area (TPSA) is 84.5 Å². The van der Waals surface area contributed by atoms with Crippen LogP contribution in [0, 0.1) is 0 Å². The van der Waals surface area contributed by atoms with Gasteiger partial charge >= 0.3 is 0 Å². The van der Waals surface area contributed by atoms with E-state index in [1.807, 2.05) is 20.8 Å². The average molecular weight is 235 g/mol. The van der Waals surface area contributed by atoms with E-state index in [-0.39, 0.29) is 11.4 Å². The van der Waals surface area contributed by atoms with Gasteiger partial charge in [0, 0.05) is 6.26 Å². The van der Waals surface area contributed by atoms with Crippen LogP contribution in [0.5, 0.6) is 0 Å². The molecule has 0 rings (SSSR count). The minimum Gasteiger partial charge on any atom is -0.311 e. The molecule has 0 aromatic heterocycles. The van der Waals surface area contributed by atoms with E-state index in [1.54, 1.807) is 13.8 Å². The first-order valence-corrected chi connectivity index (χ1v) is 6.57. The average Bonchev–Trinajstić information content (AvgIpc) is 1.95. The Morgan fingerprint density at radius 2 is 1.60 bits per heavy atom. The molecule has 6 heteroatoms. The predicted molar refractivity (Wildman–Crippen MR) is 63.4 cm³/mol. The molecule has 0 heterocycles. The van der Waals surface area contributed by atoms with E-state index in [1.165, 1.54) is 6.26 Å². The maximum atomic E-state index is 11.6. The summed E-state index contributed by atoms with van der Waals surface area (Å²) in [5.41, 5.74) is 2.00. The van der Waals surface area contributed by atoms with Crippen molar-refractivity contribution in [3.05, 3.63) is 0 Å². The molecule has 0 fully saturated rings. The molecule has 0 aliphatic heterocycles. The molecule has 0 saturated heterocycles. The van der Waals surface area contributed by atoms with Gasteiger partial charge in [0.2, 0.25) is 0 Å². The lowest BCUT2D eigenvalue weighted by Crippen LogP contribution is -2.51. The van der Waals surface area contributed by atoms with Gasteiger partial charge < -0.3 is 5.43 Å². The van der Waals surface area contributed by atoms with Crippen molar-refractivity contribution in [2.45, 2.75) is 44.9 Å². The van der Waals surface area contributed by atoms with Crippen LogP contribution in [-0.2, 0) is 9.84 Å². The molecule has 0 saturated carbocycles. The summed E-state index contributed by atoms with van der Waals surface area (Å²) in [6.07, 6.45) is 1.17. The van der Waals surface area contributed by atoms with Crippen molar-refractivity contribution in [2.75, 3.05) is 6.26 Å². The molecule has 5 nitrogen and oxygen atoms in total. The standard InChI is InChI=1S/C9H21N3O2S/c1-8(2,3)11-7(12-10)9(4,5)15(6,13)14/h10H2,1-6H3,(H,11,12). The fraction of sp³-hybridized carbons (Fsp3) is 0.889. The van der Waals surface area contributed by atoms with Gasteiger partial charge in [-0.15, -0.1) is 0 Å². The van der Waals surface area contributed by atoms with Crippen LogP contribution in [0.3, 0.4) is 0 Å². The number of sulfone groups is 1. The summed E-state index contributed by atoms with van der Waals surface area (Å²) in [5, 5.41) is 0. The third-order valence-corrected chi connectivity index (χ3v) is 4.13. The van der Waals surface area contributed by atoms with Gasteiger partial charge in [-0.1, -0.05) is 0 Å². The number of rotatable bonds is 2. The van der Waals surface area contributed by atoms with Gasteiger partial charge in [0.15, 0.2) is 9.84 Å². The Hall–Kier alpha value is -0.620. The SMILES string of the molecule is CC(C)(C)N=C(NN)C(C)(C)S(C)(=O)=O. The van der Waals surface area contributed by atoms with Crippen molar-refractivity contribution in [1.29, 1.82) is 0 Å². The van der Waals surface area contributed by atoms with Gasteiger partial charge in [-0.2, -0.15) is 0 Å². The largest absolute Gasteiger partial charge is 0.311 e. The van der Waals surface area contributed by atoms with Crippen molar-refractivity contribution in [3.63, 3.8) is 0 Å². The van der Waals surface area contributed by atoms with Crippen LogP contribution >= 0.6 is 0 Å². The van der Waals surface area contributed by atoms with E-state index >= 15 is 0 Å². The highest BCUT2D eigenvalue weighted by molar-refractivity contribution is 7.92. The molecule has 0 radical (unpaired) electrons. The van der Waals surface area contributed by atoms with Crippen LogP contribution in [0.25, 0.3) is 0 Å². The van der Waals surface area contributed by atoms with Gasteiger partial charge in [0.1, 0.15) is 10.6 Å². The first-order chi connectivity index (χ1) is 6.42. The Balaban J connectivity index is 5.45. The van der Waals surface area contributed by atoms with E-state index in [4.69, 9.17) is 5.84 Å². The zero-order chi connectivity index (χ0) is 12.5. The van der Waals surface area contributed by atoms with Crippen LogP contribution in [0.2, 0.25) is 0 Å².